The van der Waals surface area contributed by atoms with E-state index in [1.165, 1.54) is 34.6 Å². The Morgan fingerprint density at radius 2 is 1.75 bits per heavy atom. The maximum Gasteiger partial charge on any atom is 0.326 e. The normalized spacial score (nSPS) is 14.6. The second-order valence-corrected chi connectivity index (χ2v) is 8.92. The molecule has 0 bridgehead atoms. The van der Waals surface area contributed by atoms with Crippen molar-refractivity contribution in [2.24, 2.45) is 5.92 Å². The molecule has 1 fully saturated rings. The summed E-state index contributed by atoms with van der Waals surface area (Å²) in [5, 5.41) is 0.0915. The summed E-state index contributed by atoms with van der Waals surface area (Å²) < 4.78 is 41.0. The van der Waals surface area contributed by atoms with Gasteiger partial charge in [-0.05, 0) is 54.7 Å². The third-order valence-corrected chi connectivity index (χ3v) is 6.59. The molecule has 0 amide bonds. The average molecular weight is 403 g/mol. The quantitative estimate of drug-likeness (QED) is 0.657. The zero-order chi connectivity index (χ0) is 19.9. The molecule has 0 unspecified atom stereocenters. The van der Waals surface area contributed by atoms with Crippen molar-refractivity contribution in [3.63, 3.8) is 0 Å². The van der Waals surface area contributed by atoms with Crippen LogP contribution in [0.3, 0.4) is 0 Å². The van der Waals surface area contributed by atoms with Gasteiger partial charge in [-0.15, -0.1) is 0 Å². The molecular formula is C19H18FN3O4S. The Bertz CT molecular complexity index is 1240. The van der Waals surface area contributed by atoms with Crippen molar-refractivity contribution < 1.29 is 12.8 Å². The number of fused-ring (bicyclic) bond motifs is 1. The minimum atomic E-state index is -3.89. The molecule has 1 saturated carbocycles. The molecule has 9 heteroatoms. The van der Waals surface area contributed by atoms with Crippen LogP contribution in [0.4, 0.5) is 4.39 Å². The van der Waals surface area contributed by atoms with Crippen LogP contribution in [-0.2, 0) is 16.6 Å². The molecule has 0 atom stereocenters. The molecule has 28 heavy (non-hydrogen) atoms. The number of hydrogen-bond donors (Lipinski definition) is 2. The lowest BCUT2D eigenvalue weighted by molar-refractivity contribution is 0.391. The van der Waals surface area contributed by atoms with Gasteiger partial charge in [0, 0.05) is 13.1 Å². The number of aromatic amines is 2. The lowest BCUT2D eigenvalue weighted by Crippen LogP contribution is -2.32. The van der Waals surface area contributed by atoms with Crippen LogP contribution in [0, 0.1) is 11.7 Å². The first-order valence-corrected chi connectivity index (χ1v) is 10.3. The highest BCUT2D eigenvalue weighted by molar-refractivity contribution is 7.89. The molecule has 3 aromatic rings. The number of H-pyrrole nitrogens is 2. The van der Waals surface area contributed by atoms with E-state index < -0.39 is 21.3 Å². The predicted octanol–water partition coefficient (Wildman–Crippen LogP) is 1.96. The number of nitrogens with zero attached hydrogens (tertiary/aromatic N) is 1. The Balaban J connectivity index is 1.74. The lowest BCUT2D eigenvalue weighted by Gasteiger charge is -2.22. The first kappa shape index (κ1) is 18.6. The fourth-order valence-electron chi connectivity index (χ4n) is 3.08. The van der Waals surface area contributed by atoms with Gasteiger partial charge in [-0.2, -0.15) is 4.31 Å². The van der Waals surface area contributed by atoms with Crippen LogP contribution in [0.15, 0.2) is 56.9 Å². The number of aromatic nitrogens is 2. The van der Waals surface area contributed by atoms with Gasteiger partial charge in [-0.3, -0.25) is 9.78 Å². The largest absolute Gasteiger partial charge is 0.326 e. The summed E-state index contributed by atoms with van der Waals surface area (Å²) in [5.74, 6) is -0.0847. The van der Waals surface area contributed by atoms with Gasteiger partial charge in [0.2, 0.25) is 10.0 Å². The van der Waals surface area contributed by atoms with Crippen LogP contribution in [0.5, 0.6) is 0 Å². The predicted molar refractivity (Wildman–Crippen MR) is 102 cm³/mol. The molecule has 0 radical (unpaired) electrons. The summed E-state index contributed by atoms with van der Waals surface area (Å²) in [4.78, 5) is 28.0. The van der Waals surface area contributed by atoms with E-state index in [4.69, 9.17) is 0 Å². The Morgan fingerprint density at radius 1 is 1.04 bits per heavy atom. The van der Waals surface area contributed by atoms with Gasteiger partial charge < -0.3 is 4.98 Å². The van der Waals surface area contributed by atoms with Crippen LogP contribution in [0.2, 0.25) is 0 Å². The van der Waals surface area contributed by atoms with Crippen LogP contribution in [-0.4, -0.2) is 29.2 Å². The minimum Gasteiger partial charge on any atom is -0.307 e. The van der Waals surface area contributed by atoms with Gasteiger partial charge in [0.1, 0.15) is 5.82 Å². The van der Waals surface area contributed by atoms with Gasteiger partial charge in [0.05, 0.1) is 15.8 Å². The number of sulfonamides is 1. The molecule has 146 valence electrons. The first-order valence-electron chi connectivity index (χ1n) is 8.84. The molecule has 0 saturated heterocycles. The molecule has 7 nitrogen and oxygen atoms in total. The molecule has 0 spiro atoms. The number of nitrogens with one attached hydrogen (secondary N) is 2. The number of rotatable bonds is 6. The zero-order valence-corrected chi connectivity index (χ0v) is 15.6. The molecule has 0 aliphatic heterocycles. The van der Waals surface area contributed by atoms with E-state index in [0.717, 1.165) is 12.8 Å². The van der Waals surface area contributed by atoms with Crippen molar-refractivity contribution in [3.8, 4) is 0 Å². The third-order valence-electron chi connectivity index (χ3n) is 4.78. The highest BCUT2D eigenvalue weighted by atomic mass is 32.2. The summed E-state index contributed by atoms with van der Waals surface area (Å²) >= 11 is 0. The van der Waals surface area contributed by atoms with Crippen LogP contribution in [0.1, 0.15) is 18.4 Å². The molecule has 2 aromatic carbocycles. The van der Waals surface area contributed by atoms with E-state index in [2.05, 4.69) is 9.97 Å². The fraction of sp³-hybridized carbons (Fsp3) is 0.263. The zero-order valence-electron chi connectivity index (χ0n) is 14.8. The Morgan fingerprint density at radius 3 is 2.43 bits per heavy atom. The number of halogens is 1. The summed E-state index contributed by atoms with van der Waals surface area (Å²) in [5.41, 5.74) is -0.364. The number of benzene rings is 2. The fourth-order valence-corrected chi connectivity index (χ4v) is 4.61. The third kappa shape index (κ3) is 3.76. The maximum absolute atomic E-state index is 13.3. The van der Waals surface area contributed by atoms with Crippen LogP contribution >= 0.6 is 0 Å². The van der Waals surface area contributed by atoms with Crippen LogP contribution < -0.4 is 11.2 Å². The summed E-state index contributed by atoms with van der Waals surface area (Å²) in [6.45, 7) is 0.471. The molecule has 1 aliphatic carbocycles. The van der Waals surface area contributed by atoms with Gasteiger partial charge >= 0.3 is 5.69 Å². The van der Waals surface area contributed by atoms with Crippen molar-refractivity contribution in [1.82, 2.24) is 14.3 Å². The van der Waals surface area contributed by atoms with Gasteiger partial charge in [-0.25, -0.2) is 17.6 Å². The molecular weight excluding hydrogens is 385 g/mol. The van der Waals surface area contributed by atoms with Crippen molar-refractivity contribution in [1.29, 1.82) is 0 Å². The second-order valence-electron chi connectivity index (χ2n) is 6.98. The summed E-state index contributed by atoms with van der Waals surface area (Å²) in [7, 11) is -3.89. The van der Waals surface area contributed by atoms with E-state index in [-0.39, 0.29) is 28.2 Å². The van der Waals surface area contributed by atoms with Gasteiger partial charge in [-0.1, -0.05) is 12.1 Å². The van der Waals surface area contributed by atoms with Crippen LogP contribution in [0.25, 0.3) is 10.9 Å². The lowest BCUT2D eigenvalue weighted by atomic mass is 10.2. The van der Waals surface area contributed by atoms with E-state index in [1.807, 2.05) is 0 Å². The molecule has 2 N–H and O–H groups in total. The smallest absolute Gasteiger partial charge is 0.307 e. The highest BCUT2D eigenvalue weighted by Gasteiger charge is 2.32. The maximum atomic E-state index is 13.3. The number of hydrogen-bond acceptors (Lipinski definition) is 4. The van der Waals surface area contributed by atoms with E-state index >= 15 is 0 Å². The standard InChI is InChI=1S/C19H18FN3O4S/c20-14-5-3-13(4-6-14)11-23(10-12-1-2-12)28(26,27)15-7-8-17-16(9-15)18(24)22-19(25)21-17/h3-9,12H,1-2,10-11H2,(H2,21,22,24,25). The Labute approximate surface area is 159 Å². The first-order chi connectivity index (χ1) is 13.3. The molecule has 1 aliphatic rings. The van der Waals surface area contributed by atoms with Crippen molar-refractivity contribution >= 4 is 20.9 Å². The second kappa shape index (κ2) is 6.99. The van der Waals surface area contributed by atoms with Gasteiger partial charge in [0.15, 0.2) is 0 Å². The van der Waals surface area contributed by atoms with Gasteiger partial charge in [0.25, 0.3) is 5.56 Å². The molecule has 4 rings (SSSR count). The SMILES string of the molecule is O=c1[nH]c(=O)c2cc(S(=O)(=O)N(Cc3ccc(F)cc3)CC3CC3)ccc2[nH]1. The van der Waals surface area contributed by atoms with Crippen molar-refractivity contribution in [3.05, 3.63) is 74.7 Å². The average Bonchev–Trinajstić information content (AvgIpc) is 3.46. The van der Waals surface area contributed by atoms with E-state index in [1.54, 1.807) is 12.1 Å². The minimum absolute atomic E-state index is 0.0275. The Kier molecular flexibility index (Phi) is 4.64. The van der Waals surface area contributed by atoms with E-state index in [0.29, 0.717) is 18.0 Å². The molecule has 1 aromatic heterocycles. The molecule has 1 heterocycles. The Hall–Kier alpha value is -2.78. The topological polar surface area (TPSA) is 103 Å². The summed E-state index contributed by atoms with van der Waals surface area (Å²) in [6, 6.07) is 9.75. The highest BCUT2D eigenvalue weighted by Crippen LogP contribution is 2.32. The van der Waals surface area contributed by atoms with Crippen molar-refractivity contribution in [2.75, 3.05) is 6.54 Å². The van der Waals surface area contributed by atoms with E-state index in [9.17, 15) is 22.4 Å². The monoisotopic (exact) mass is 403 g/mol. The van der Waals surface area contributed by atoms with Crippen molar-refractivity contribution in [2.45, 2.75) is 24.3 Å². The summed E-state index contributed by atoms with van der Waals surface area (Å²) in [6.07, 6.45) is 1.93.